The molecule has 0 unspecified atom stereocenters. The molecule has 2 aromatic heterocycles. The summed E-state index contributed by atoms with van der Waals surface area (Å²) < 4.78 is 1.38. The maximum atomic E-state index is 12.1. The van der Waals surface area contributed by atoms with Gasteiger partial charge in [-0.2, -0.15) is 4.52 Å². The Labute approximate surface area is 150 Å². The first-order valence-corrected chi connectivity index (χ1v) is 9.53. The van der Waals surface area contributed by atoms with Gasteiger partial charge in [-0.15, -0.1) is 5.10 Å². The van der Waals surface area contributed by atoms with Crippen LogP contribution in [0.3, 0.4) is 0 Å². The standard InChI is InChI=1S/C18H21N5OS/c1-2-14-12-16(24)23-18(20-14)25-17(21-23)19-9-11-22-10-5-7-13-6-3-4-8-15(13)22/h3-4,6,8,12H,2,5,7,9-11H2,1H3,(H,19,21). The molecular formula is C18H21N5OS. The molecule has 7 heteroatoms. The highest BCUT2D eigenvalue weighted by Gasteiger charge is 2.16. The van der Waals surface area contributed by atoms with Crippen LogP contribution in [0.15, 0.2) is 35.1 Å². The number of benzene rings is 1. The number of hydrogen-bond donors (Lipinski definition) is 1. The third-order valence-corrected chi connectivity index (χ3v) is 5.39. The zero-order chi connectivity index (χ0) is 17.2. The Hall–Kier alpha value is -2.41. The van der Waals surface area contributed by atoms with Gasteiger partial charge in [0.05, 0.1) is 0 Å². The highest BCUT2D eigenvalue weighted by Crippen LogP contribution is 2.26. The van der Waals surface area contributed by atoms with Gasteiger partial charge in [0, 0.05) is 37.1 Å². The van der Waals surface area contributed by atoms with E-state index < -0.39 is 0 Å². The van der Waals surface area contributed by atoms with Crippen LogP contribution in [-0.2, 0) is 12.8 Å². The van der Waals surface area contributed by atoms with E-state index in [1.807, 2.05) is 6.92 Å². The van der Waals surface area contributed by atoms with E-state index in [0.29, 0.717) is 4.96 Å². The highest BCUT2D eigenvalue weighted by molar-refractivity contribution is 7.20. The summed E-state index contributed by atoms with van der Waals surface area (Å²) >= 11 is 1.42. The first-order chi connectivity index (χ1) is 12.2. The smallest absolute Gasteiger partial charge is 0.275 e. The minimum atomic E-state index is -0.115. The van der Waals surface area contributed by atoms with Gasteiger partial charge in [0.1, 0.15) is 0 Å². The SMILES string of the molecule is CCc1cc(=O)n2nc(NCCN3CCCc4ccccc43)sc2n1. The molecule has 130 valence electrons. The zero-order valence-electron chi connectivity index (χ0n) is 14.2. The summed E-state index contributed by atoms with van der Waals surface area (Å²) in [6.45, 7) is 4.77. The minimum Gasteiger partial charge on any atom is -0.370 e. The van der Waals surface area contributed by atoms with Gasteiger partial charge in [-0.05, 0) is 30.9 Å². The molecule has 1 aromatic carbocycles. The second kappa shape index (κ2) is 6.84. The summed E-state index contributed by atoms with van der Waals surface area (Å²) in [6.07, 6.45) is 3.10. The molecule has 1 aliphatic heterocycles. The van der Waals surface area contributed by atoms with Gasteiger partial charge in [-0.1, -0.05) is 36.5 Å². The first-order valence-electron chi connectivity index (χ1n) is 8.71. The third-order valence-electron chi connectivity index (χ3n) is 4.52. The maximum Gasteiger partial charge on any atom is 0.275 e. The largest absolute Gasteiger partial charge is 0.370 e. The summed E-state index contributed by atoms with van der Waals surface area (Å²) in [5.41, 5.74) is 3.46. The van der Waals surface area contributed by atoms with Crippen LogP contribution in [0.25, 0.3) is 4.96 Å². The van der Waals surface area contributed by atoms with Gasteiger partial charge in [0.25, 0.3) is 5.56 Å². The van der Waals surface area contributed by atoms with Crippen molar-refractivity contribution >= 4 is 27.1 Å². The number of para-hydroxylation sites is 1. The van der Waals surface area contributed by atoms with Gasteiger partial charge in [0.15, 0.2) is 0 Å². The van der Waals surface area contributed by atoms with Crippen LogP contribution in [0.2, 0.25) is 0 Å². The Bertz CT molecular complexity index is 948. The number of rotatable bonds is 5. The predicted molar refractivity (Wildman–Crippen MR) is 102 cm³/mol. The van der Waals surface area contributed by atoms with Crippen LogP contribution in [0, 0.1) is 0 Å². The number of aryl methyl sites for hydroxylation is 2. The molecule has 0 fully saturated rings. The van der Waals surface area contributed by atoms with E-state index in [4.69, 9.17) is 0 Å². The average Bonchev–Trinajstić information content (AvgIpc) is 3.05. The van der Waals surface area contributed by atoms with Crippen molar-refractivity contribution in [3.63, 3.8) is 0 Å². The van der Waals surface area contributed by atoms with Crippen LogP contribution < -0.4 is 15.8 Å². The lowest BCUT2D eigenvalue weighted by Gasteiger charge is -2.31. The van der Waals surface area contributed by atoms with E-state index in [-0.39, 0.29) is 5.56 Å². The Morgan fingerprint density at radius 2 is 2.20 bits per heavy atom. The van der Waals surface area contributed by atoms with Crippen LogP contribution in [0.1, 0.15) is 24.6 Å². The summed E-state index contributed by atoms with van der Waals surface area (Å²) in [7, 11) is 0. The fraction of sp³-hybridized carbons (Fsp3) is 0.389. The molecule has 4 rings (SSSR count). The first kappa shape index (κ1) is 16.1. The molecule has 0 bridgehead atoms. The fourth-order valence-corrected chi connectivity index (χ4v) is 4.10. The predicted octanol–water partition coefficient (Wildman–Crippen LogP) is 2.58. The second-order valence-electron chi connectivity index (χ2n) is 6.19. The van der Waals surface area contributed by atoms with Crippen molar-refractivity contribution < 1.29 is 0 Å². The second-order valence-corrected chi connectivity index (χ2v) is 7.14. The number of fused-ring (bicyclic) bond motifs is 2. The van der Waals surface area contributed by atoms with E-state index >= 15 is 0 Å². The zero-order valence-corrected chi connectivity index (χ0v) is 15.1. The summed E-state index contributed by atoms with van der Waals surface area (Å²) in [5, 5.41) is 8.43. The Kier molecular flexibility index (Phi) is 4.40. The lowest BCUT2D eigenvalue weighted by atomic mass is 10.0. The van der Waals surface area contributed by atoms with Gasteiger partial charge < -0.3 is 10.2 Å². The van der Waals surface area contributed by atoms with Crippen molar-refractivity contribution in [2.75, 3.05) is 29.9 Å². The van der Waals surface area contributed by atoms with Crippen molar-refractivity contribution in [1.29, 1.82) is 0 Å². The van der Waals surface area contributed by atoms with Crippen LogP contribution in [0.4, 0.5) is 10.8 Å². The maximum absolute atomic E-state index is 12.1. The quantitative estimate of drug-likeness (QED) is 0.762. The lowest BCUT2D eigenvalue weighted by molar-refractivity contribution is 0.698. The molecule has 1 N–H and O–H groups in total. The molecule has 3 aromatic rings. The summed E-state index contributed by atoms with van der Waals surface area (Å²) in [6, 6.07) is 10.2. The van der Waals surface area contributed by atoms with E-state index in [2.05, 4.69) is 44.6 Å². The number of nitrogens with zero attached hydrogens (tertiary/aromatic N) is 4. The molecule has 0 saturated heterocycles. The molecule has 3 heterocycles. The molecule has 25 heavy (non-hydrogen) atoms. The van der Waals surface area contributed by atoms with Crippen molar-refractivity contribution in [1.82, 2.24) is 14.6 Å². The van der Waals surface area contributed by atoms with Crippen LogP contribution in [-0.4, -0.2) is 34.2 Å². The molecule has 0 amide bonds. The molecular weight excluding hydrogens is 334 g/mol. The number of nitrogens with one attached hydrogen (secondary N) is 1. The Morgan fingerprint density at radius 3 is 3.08 bits per heavy atom. The lowest BCUT2D eigenvalue weighted by Crippen LogP contribution is -2.33. The number of aromatic nitrogens is 3. The normalized spacial score (nSPS) is 13.9. The molecule has 0 saturated carbocycles. The molecule has 0 spiro atoms. The van der Waals surface area contributed by atoms with Crippen LogP contribution in [0.5, 0.6) is 0 Å². The van der Waals surface area contributed by atoms with E-state index in [1.54, 1.807) is 6.07 Å². The molecule has 0 atom stereocenters. The molecule has 1 aliphatic rings. The summed E-state index contributed by atoms with van der Waals surface area (Å²) in [4.78, 5) is 19.6. The van der Waals surface area contributed by atoms with E-state index in [9.17, 15) is 4.79 Å². The number of hydrogen-bond acceptors (Lipinski definition) is 6. The molecule has 6 nitrogen and oxygen atoms in total. The van der Waals surface area contributed by atoms with E-state index in [1.165, 1.54) is 33.5 Å². The Balaban J connectivity index is 1.45. The third kappa shape index (κ3) is 3.24. The van der Waals surface area contributed by atoms with E-state index in [0.717, 1.165) is 43.3 Å². The van der Waals surface area contributed by atoms with Crippen molar-refractivity contribution in [2.24, 2.45) is 0 Å². The fourth-order valence-electron chi connectivity index (χ4n) is 3.25. The average molecular weight is 355 g/mol. The van der Waals surface area contributed by atoms with Crippen molar-refractivity contribution in [3.05, 3.63) is 51.9 Å². The summed E-state index contributed by atoms with van der Waals surface area (Å²) in [5.74, 6) is 0. The molecule has 0 radical (unpaired) electrons. The topological polar surface area (TPSA) is 62.5 Å². The number of anilines is 2. The highest BCUT2D eigenvalue weighted by atomic mass is 32.1. The van der Waals surface area contributed by atoms with Crippen molar-refractivity contribution in [3.8, 4) is 0 Å². The Morgan fingerprint density at radius 1 is 1.32 bits per heavy atom. The monoisotopic (exact) mass is 355 g/mol. The van der Waals surface area contributed by atoms with Gasteiger partial charge in [-0.25, -0.2) is 4.98 Å². The van der Waals surface area contributed by atoms with Gasteiger partial charge in [-0.3, -0.25) is 4.79 Å². The van der Waals surface area contributed by atoms with Crippen molar-refractivity contribution in [2.45, 2.75) is 26.2 Å². The minimum absolute atomic E-state index is 0.115. The van der Waals surface area contributed by atoms with Gasteiger partial charge >= 0.3 is 0 Å². The van der Waals surface area contributed by atoms with Gasteiger partial charge in [0.2, 0.25) is 10.1 Å². The molecule has 0 aliphatic carbocycles. The van der Waals surface area contributed by atoms with Crippen LogP contribution >= 0.6 is 11.3 Å².